The highest BCUT2D eigenvalue weighted by Gasteiger charge is 2.31. The standard InChI is InChI=1S/C10H17N3O/c11-9(8-4-1-2-5-8)10(14)13-7-3-6-12-13/h6,8-9H,1-5,7,11H2. The Balaban J connectivity index is 1.92. The predicted molar refractivity (Wildman–Crippen MR) is 54.8 cm³/mol. The van der Waals surface area contributed by atoms with Crippen molar-refractivity contribution in [2.45, 2.75) is 38.1 Å². The van der Waals surface area contributed by atoms with Crippen molar-refractivity contribution in [2.75, 3.05) is 6.54 Å². The summed E-state index contributed by atoms with van der Waals surface area (Å²) in [6.45, 7) is 0.708. The molecule has 0 spiro atoms. The van der Waals surface area contributed by atoms with E-state index in [1.807, 2.05) is 0 Å². The number of hydrazone groups is 1. The number of hydrogen-bond donors (Lipinski definition) is 1. The van der Waals surface area contributed by atoms with Crippen molar-refractivity contribution < 1.29 is 4.79 Å². The topological polar surface area (TPSA) is 58.7 Å². The average molecular weight is 195 g/mol. The first-order valence-electron chi connectivity index (χ1n) is 5.38. The second-order valence-corrected chi connectivity index (χ2v) is 4.12. The molecule has 1 unspecified atom stereocenters. The van der Waals surface area contributed by atoms with Crippen molar-refractivity contribution >= 4 is 12.1 Å². The van der Waals surface area contributed by atoms with Gasteiger partial charge in [-0.05, 0) is 18.8 Å². The van der Waals surface area contributed by atoms with Gasteiger partial charge in [-0.15, -0.1) is 0 Å². The molecule has 1 saturated carbocycles. The second-order valence-electron chi connectivity index (χ2n) is 4.12. The Hall–Kier alpha value is -0.900. The highest BCUT2D eigenvalue weighted by molar-refractivity contribution is 5.83. The minimum Gasteiger partial charge on any atom is -0.320 e. The summed E-state index contributed by atoms with van der Waals surface area (Å²) in [5.74, 6) is 0.393. The van der Waals surface area contributed by atoms with Crippen LogP contribution in [0.3, 0.4) is 0 Å². The Morgan fingerprint density at radius 3 is 2.79 bits per heavy atom. The third-order valence-electron chi connectivity index (χ3n) is 3.14. The molecule has 14 heavy (non-hydrogen) atoms. The maximum atomic E-state index is 11.8. The molecule has 2 N–H and O–H groups in total. The second kappa shape index (κ2) is 4.09. The van der Waals surface area contributed by atoms with E-state index in [1.165, 1.54) is 17.9 Å². The number of amides is 1. The zero-order chi connectivity index (χ0) is 9.97. The van der Waals surface area contributed by atoms with Crippen molar-refractivity contribution in [2.24, 2.45) is 16.8 Å². The highest BCUT2D eigenvalue weighted by atomic mass is 16.2. The molecule has 0 bridgehead atoms. The first-order valence-corrected chi connectivity index (χ1v) is 5.38. The smallest absolute Gasteiger partial charge is 0.259 e. The largest absolute Gasteiger partial charge is 0.320 e. The predicted octanol–water partition coefficient (Wildman–Crippen LogP) is 0.722. The van der Waals surface area contributed by atoms with Crippen LogP contribution in [0.5, 0.6) is 0 Å². The number of carbonyl (C=O) groups is 1. The summed E-state index contributed by atoms with van der Waals surface area (Å²) in [7, 11) is 0. The first-order chi connectivity index (χ1) is 6.79. The molecular formula is C10H17N3O. The van der Waals surface area contributed by atoms with Gasteiger partial charge in [0.05, 0.1) is 6.04 Å². The minimum atomic E-state index is -0.326. The molecule has 1 aliphatic heterocycles. The molecule has 78 valence electrons. The molecule has 1 aliphatic carbocycles. The molecular weight excluding hydrogens is 178 g/mol. The first kappa shape index (κ1) is 9.65. The number of carbonyl (C=O) groups excluding carboxylic acids is 1. The van der Waals surface area contributed by atoms with E-state index in [1.54, 1.807) is 6.21 Å². The monoisotopic (exact) mass is 195 g/mol. The molecule has 4 nitrogen and oxygen atoms in total. The summed E-state index contributed by atoms with van der Waals surface area (Å²) in [6.07, 6.45) is 7.28. The van der Waals surface area contributed by atoms with Crippen molar-refractivity contribution in [3.8, 4) is 0 Å². The van der Waals surface area contributed by atoms with E-state index in [-0.39, 0.29) is 11.9 Å². The molecule has 4 heteroatoms. The van der Waals surface area contributed by atoms with Crippen LogP contribution in [0.4, 0.5) is 0 Å². The molecule has 2 aliphatic rings. The van der Waals surface area contributed by atoms with Gasteiger partial charge in [0, 0.05) is 19.2 Å². The Labute approximate surface area is 84.1 Å². The average Bonchev–Trinajstić information content (AvgIpc) is 2.87. The third kappa shape index (κ3) is 1.80. The van der Waals surface area contributed by atoms with Gasteiger partial charge >= 0.3 is 0 Å². The molecule has 1 heterocycles. The van der Waals surface area contributed by atoms with Crippen LogP contribution in [-0.2, 0) is 4.79 Å². The molecule has 0 aromatic heterocycles. The van der Waals surface area contributed by atoms with Gasteiger partial charge in [0.2, 0.25) is 0 Å². The van der Waals surface area contributed by atoms with E-state index < -0.39 is 0 Å². The van der Waals surface area contributed by atoms with E-state index >= 15 is 0 Å². The zero-order valence-corrected chi connectivity index (χ0v) is 8.35. The van der Waals surface area contributed by atoms with Crippen molar-refractivity contribution in [3.63, 3.8) is 0 Å². The normalized spacial score (nSPS) is 24.5. The van der Waals surface area contributed by atoms with Gasteiger partial charge in [0.1, 0.15) is 0 Å². The van der Waals surface area contributed by atoms with E-state index in [2.05, 4.69) is 5.10 Å². The van der Waals surface area contributed by atoms with Gasteiger partial charge in [0.15, 0.2) is 0 Å². The van der Waals surface area contributed by atoms with Crippen LogP contribution in [-0.4, -0.2) is 29.7 Å². The summed E-state index contributed by atoms with van der Waals surface area (Å²) < 4.78 is 0. The van der Waals surface area contributed by atoms with Crippen LogP contribution in [0, 0.1) is 5.92 Å². The molecule has 0 saturated heterocycles. The van der Waals surface area contributed by atoms with Crippen molar-refractivity contribution in [1.82, 2.24) is 5.01 Å². The number of hydrogen-bond acceptors (Lipinski definition) is 3. The Morgan fingerprint density at radius 2 is 2.21 bits per heavy atom. The fourth-order valence-corrected chi connectivity index (χ4v) is 2.25. The summed E-state index contributed by atoms with van der Waals surface area (Å²) in [6, 6.07) is -0.326. The quantitative estimate of drug-likeness (QED) is 0.706. The highest BCUT2D eigenvalue weighted by Crippen LogP contribution is 2.27. The van der Waals surface area contributed by atoms with Gasteiger partial charge < -0.3 is 5.73 Å². The third-order valence-corrected chi connectivity index (χ3v) is 3.14. The Morgan fingerprint density at radius 1 is 1.50 bits per heavy atom. The lowest BCUT2D eigenvalue weighted by atomic mass is 9.98. The molecule has 0 aromatic carbocycles. The van der Waals surface area contributed by atoms with Crippen LogP contribution in [0.15, 0.2) is 5.10 Å². The Kier molecular flexibility index (Phi) is 2.82. The van der Waals surface area contributed by atoms with Gasteiger partial charge in [-0.25, -0.2) is 5.01 Å². The minimum absolute atomic E-state index is 0.00523. The fraction of sp³-hybridized carbons (Fsp3) is 0.800. The summed E-state index contributed by atoms with van der Waals surface area (Å²) in [4.78, 5) is 11.8. The van der Waals surface area contributed by atoms with Gasteiger partial charge in [-0.1, -0.05) is 12.8 Å². The van der Waals surface area contributed by atoms with E-state index in [0.29, 0.717) is 12.5 Å². The van der Waals surface area contributed by atoms with Gasteiger partial charge in [-0.2, -0.15) is 5.10 Å². The lowest BCUT2D eigenvalue weighted by Crippen LogP contribution is -2.44. The summed E-state index contributed by atoms with van der Waals surface area (Å²) in [5.41, 5.74) is 5.94. The van der Waals surface area contributed by atoms with E-state index in [0.717, 1.165) is 19.3 Å². The zero-order valence-electron chi connectivity index (χ0n) is 8.35. The molecule has 1 amide bonds. The van der Waals surface area contributed by atoms with Crippen LogP contribution in [0.2, 0.25) is 0 Å². The molecule has 1 atom stereocenters. The molecule has 0 radical (unpaired) electrons. The lowest BCUT2D eigenvalue weighted by Gasteiger charge is -2.21. The molecule has 0 aromatic rings. The SMILES string of the molecule is NC(C(=O)N1CCC=N1)C1CCCC1. The summed E-state index contributed by atoms with van der Waals surface area (Å²) in [5, 5.41) is 5.52. The number of rotatable bonds is 2. The van der Waals surface area contributed by atoms with Crippen LogP contribution < -0.4 is 5.73 Å². The van der Waals surface area contributed by atoms with Gasteiger partial charge in [0.25, 0.3) is 5.91 Å². The fourth-order valence-electron chi connectivity index (χ4n) is 2.25. The van der Waals surface area contributed by atoms with E-state index in [4.69, 9.17) is 5.73 Å². The maximum absolute atomic E-state index is 11.8. The van der Waals surface area contributed by atoms with Crippen LogP contribution >= 0.6 is 0 Å². The van der Waals surface area contributed by atoms with Gasteiger partial charge in [-0.3, -0.25) is 4.79 Å². The Bertz CT molecular complexity index is 246. The molecule has 2 rings (SSSR count). The number of nitrogens with zero attached hydrogens (tertiary/aromatic N) is 2. The van der Waals surface area contributed by atoms with Crippen LogP contribution in [0.1, 0.15) is 32.1 Å². The van der Waals surface area contributed by atoms with Crippen LogP contribution in [0.25, 0.3) is 0 Å². The van der Waals surface area contributed by atoms with Crippen molar-refractivity contribution in [3.05, 3.63) is 0 Å². The lowest BCUT2D eigenvalue weighted by molar-refractivity contribution is -0.133. The van der Waals surface area contributed by atoms with E-state index in [9.17, 15) is 4.79 Å². The number of nitrogens with two attached hydrogens (primary N) is 1. The molecule has 1 fully saturated rings. The van der Waals surface area contributed by atoms with Crippen molar-refractivity contribution in [1.29, 1.82) is 0 Å². The maximum Gasteiger partial charge on any atom is 0.259 e. The summed E-state index contributed by atoms with van der Waals surface area (Å²) >= 11 is 0.